The topological polar surface area (TPSA) is 57.6 Å². The lowest BCUT2D eigenvalue weighted by Gasteiger charge is -2.23. The van der Waals surface area contributed by atoms with Gasteiger partial charge >= 0.3 is 5.97 Å². The van der Waals surface area contributed by atoms with Crippen LogP contribution in [-0.4, -0.2) is 28.9 Å². The molecule has 1 N–H and O–H groups in total. The highest BCUT2D eigenvalue weighted by molar-refractivity contribution is 6.30. The number of rotatable bonds is 2. The highest BCUT2D eigenvalue weighted by Crippen LogP contribution is 2.37. The van der Waals surface area contributed by atoms with E-state index in [-0.39, 0.29) is 12.3 Å². The number of carboxylic acids is 1. The zero-order chi connectivity index (χ0) is 12.6. The van der Waals surface area contributed by atoms with Crippen LogP contribution in [0.2, 0.25) is 5.02 Å². The molecule has 0 saturated carbocycles. The summed E-state index contributed by atoms with van der Waals surface area (Å²) in [5, 5.41) is 9.68. The van der Waals surface area contributed by atoms with Crippen molar-refractivity contribution in [2.75, 3.05) is 7.05 Å². The Hall–Kier alpha value is -1.55. The number of hydrogen-bond acceptors (Lipinski definition) is 2. The molecule has 0 radical (unpaired) electrons. The van der Waals surface area contributed by atoms with Gasteiger partial charge in [0.2, 0.25) is 5.91 Å². The highest BCUT2D eigenvalue weighted by Gasteiger charge is 2.42. The molecule has 0 aromatic heterocycles. The van der Waals surface area contributed by atoms with Crippen LogP contribution < -0.4 is 0 Å². The summed E-state index contributed by atoms with van der Waals surface area (Å²) in [7, 11) is 1.62. The first kappa shape index (κ1) is 11.9. The average Bonchev–Trinajstić information content (AvgIpc) is 2.56. The monoisotopic (exact) mass is 253 g/mol. The average molecular weight is 254 g/mol. The predicted molar refractivity (Wildman–Crippen MR) is 62.7 cm³/mol. The molecule has 0 aliphatic carbocycles. The van der Waals surface area contributed by atoms with E-state index in [0.717, 1.165) is 5.56 Å². The maximum absolute atomic E-state index is 11.6. The fraction of sp³-hybridized carbons (Fsp3) is 0.333. The number of hydrogen-bond donors (Lipinski definition) is 1. The van der Waals surface area contributed by atoms with Crippen LogP contribution in [0.4, 0.5) is 0 Å². The predicted octanol–water partition coefficient (Wildman–Crippen LogP) is 1.94. The van der Waals surface area contributed by atoms with Gasteiger partial charge in [-0.2, -0.15) is 0 Å². The molecule has 1 aliphatic rings. The summed E-state index contributed by atoms with van der Waals surface area (Å²) in [5.41, 5.74) is 0.762. The molecule has 2 rings (SSSR count). The van der Waals surface area contributed by atoms with Crippen LogP contribution in [0.15, 0.2) is 24.3 Å². The first-order valence-electron chi connectivity index (χ1n) is 5.24. The summed E-state index contributed by atoms with van der Waals surface area (Å²) in [4.78, 5) is 24.2. The number of halogens is 1. The van der Waals surface area contributed by atoms with E-state index < -0.39 is 17.9 Å². The van der Waals surface area contributed by atoms with Crippen molar-refractivity contribution in [1.29, 1.82) is 0 Å². The van der Waals surface area contributed by atoms with Crippen molar-refractivity contribution >= 4 is 23.5 Å². The minimum Gasteiger partial charge on any atom is -0.481 e. The Morgan fingerprint density at radius 1 is 1.53 bits per heavy atom. The SMILES string of the molecule is CN1C(=O)CC(C(=O)O)C1c1cccc(Cl)c1. The van der Waals surface area contributed by atoms with Crippen LogP contribution in [0.25, 0.3) is 0 Å². The molecular formula is C12H12ClNO3. The Bertz CT molecular complexity index is 475. The van der Waals surface area contributed by atoms with Crippen molar-refractivity contribution in [1.82, 2.24) is 4.90 Å². The van der Waals surface area contributed by atoms with Crippen molar-refractivity contribution in [3.8, 4) is 0 Å². The van der Waals surface area contributed by atoms with E-state index in [1.165, 1.54) is 4.90 Å². The molecule has 2 unspecified atom stereocenters. The zero-order valence-corrected chi connectivity index (χ0v) is 10.0. The maximum Gasteiger partial charge on any atom is 0.309 e. The van der Waals surface area contributed by atoms with E-state index in [1.807, 2.05) is 0 Å². The van der Waals surface area contributed by atoms with E-state index in [4.69, 9.17) is 16.7 Å². The Balaban J connectivity index is 2.40. The van der Waals surface area contributed by atoms with Crippen molar-refractivity contribution < 1.29 is 14.7 Å². The third-order valence-electron chi connectivity index (χ3n) is 3.09. The van der Waals surface area contributed by atoms with E-state index in [1.54, 1.807) is 31.3 Å². The lowest BCUT2D eigenvalue weighted by molar-refractivity contribution is -0.142. The number of amides is 1. The smallest absolute Gasteiger partial charge is 0.309 e. The summed E-state index contributed by atoms with van der Waals surface area (Å²) in [6.07, 6.45) is 0.0447. The largest absolute Gasteiger partial charge is 0.481 e. The number of carboxylic acid groups (broad SMARTS) is 1. The number of nitrogens with zero attached hydrogens (tertiary/aromatic N) is 1. The third-order valence-corrected chi connectivity index (χ3v) is 3.33. The normalized spacial score (nSPS) is 24.1. The second kappa shape index (κ2) is 4.37. The first-order chi connectivity index (χ1) is 8.00. The number of benzene rings is 1. The van der Waals surface area contributed by atoms with E-state index in [2.05, 4.69) is 0 Å². The Labute approximate surface area is 104 Å². The molecule has 90 valence electrons. The highest BCUT2D eigenvalue weighted by atomic mass is 35.5. The summed E-state index contributed by atoms with van der Waals surface area (Å²) in [5.74, 6) is -1.80. The number of carbonyl (C=O) groups is 2. The lowest BCUT2D eigenvalue weighted by Crippen LogP contribution is -2.26. The fourth-order valence-electron chi connectivity index (χ4n) is 2.24. The molecule has 1 heterocycles. The van der Waals surface area contributed by atoms with Gasteiger partial charge in [0.25, 0.3) is 0 Å². The van der Waals surface area contributed by atoms with Crippen molar-refractivity contribution in [2.24, 2.45) is 5.92 Å². The maximum atomic E-state index is 11.6. The van der Waals surface area contributed by atoms with Crippen LogP contribution in [0.3, 0.4) is 0 Å². The number of aliphatic carboxylic acids is 1. The van der Waals surface area contributed by atoms with E-state index in [9.17, 15) is 9.59 Å². The summed E-state index contributed by atoms with van der Waals surface area (Å²) in [6, 6.07) is 6.54. The molecule has 1 saturated heterocycles. The number of likely N-dealkylation sites (tertiary alicyclic amines) is 1. The van der Waals surface area contributed by atoms with Gasteiger partial charge in [-0.25, -0.2) is 0 Å². The summed E-state index contributed by atoms with van der Waals surface area (Å²) in [6.45, 7) is 0. The lowest BCUT2D eigenvalue weighted by atomic mass is 9.94. The van der Waals surface area contributed by atoms with Crippen molar-refractivity contribution in [3.63, 3.8) is 0 Å². The van der Waals surface area contributed by atoms with Crippen LogP contribution in [0.5, 0.6) is 0 Å². The molecule has 1 aromatic rings. The number of carbonyl (C=O) groups excluding carboxylic acids is 1. The van der Waals surface area contributed by atoms with Gasteiger partial charge in [-0.15, -0.1) is 0 Å². The molecule has 2 atom stereocenters. The van der Waals surface area contributed by atoms with Crippen LogP contribution in [-0.2, 0) is 9.59 Å². The Morgan fingerprint density at radius 3 is 2.82 bits per heavy atom. The van der Waals surface area contributed by atoms with Gasteiger partial charge in [0.15, 0.2) is 0 Å². The second-order valence-electron chi connectivity index (χ2n) is 4.15. The molecule has 1 amide bonds. The van der Waals surface area contributed by atoms with Gasteiger partial charge < -0.3 is 10.0 Å². The van der Waals surface area contributed by atoms with Gasteiger partial charge in [0.05, 0.1) is 12.0 Å². The van der Waals surface area contributed by atoms with Crippen molar-refractivity contribution in [2.45, 2.75) is 12.5 Å². The van der Waals surface area contributed by atoms with Gasteiger partial charge in [-0.05, 0) is 17.7 Å². The molecule has 0 spiro atoms. The van der Waals surface area contributed by atoms with Crippen molar-refractivity contribution in [3.05, 3.63) is 34.9 Å². The van der Waals surface area contributed by atoms with Crippen LogP contribution in [0.1, 0.15) is 18.0 Å². The van der Waals surface area contributed by atoms with E-state index in [0.29, 0.717) is 5.02 Å². The molecule has 0 bridgehead atoms. The van der Waals surface area contributed by atoms with E-state index >= 15 is 0 Å². The van der Waals surface area contributed by atoms with Crippen LogP contribution in [0, 0.1) is 5.92 Å². The molecule has 1 aromatic carbocycles. The Kier molecular flexibility index (Phi) is 3.07. The summed E-state index contributed by atoms with van der Waals surface area (Å²) < 4.78 is 0. The van der Waals surface area contributed by atoms with Crippen LogP contribution >= 0.6 is 11.6 Å². The second-order valence-corrected chi connectivity index (χ2v) is 4.59. The van der Waals surface area contributed by atoms with Gasteiger partial charge in [-0.1, -0.05) is 23.7 Å². The molecule has 4 nitrogen and oxygen atoms in total. The third kappa shape index (κ3) is 2.13. The quantitative estimate of drug-likeness (QED) is 0.876. The molecule has 1 fully saturated rings. The van der Waals surface area contributed by atoms with Gasteiger partial charge in [0, 0.05) is 18.5 Å². The first-order valence-corrected chi connectivity index (χ1v) is 5.62. The molecule has 1 aliphatic heterocycles. The fourth-order valence-corrected chi connectivity index (χ4v) is 2.44. The molecular weight excluding hydrogens is 242 g/mol. The van der Waals surface area contributed by atoms with Gasteiger partial charge in [0.1, 0.15) is 0 Å². The summed E-state index contributed by atoms with van der Waals surface area (Å²) >= 11 is 5.88. The zero-order valence-electron chi connectivity index (χ0n) is 9.26. The van der Waals surface area contributed by atoms with Gasteiger partial charge in [-0.3, -0.25) is 9.59 Å². The molecule has 17 heavy (non-hydrogen) atoms. The standard InChI is InChI=1S/C12H12ClNO3/c1-14-10(15)6-9(12(16)17)11(14)7-3-2-4-8(13)5-7/h2-5,9,11H,6H2,1H3,(H,16,17). The minimum atomic E-state index is -0.951. The Morgan fingerprint density at radius 2 is 2.24 bits per heavy atom. The molecule has 5 heteroatoms. The minimum absolute atomic E-state index is 0.0447.